The van der Waals surface area contributed by atoms with Gasteiger partial charge in [-0.1, -0.05) is 147 Å². The second-order valence-corrected chi connectivity index (χ2v) is 16.1. The number of furan rings is 1. The molecule has 0 amide bonds. The highest BCUT2D eigenvalue weighted by Crippen LogP contribution is 2.55. The fraction of sp³-hybridized carbons (Fsp3) is 0.0545. The first-order chi connectivity index (χ1) is 28.5. The summed E-state index contributed by atoms with van der Waals surface area (Å²) < 4.78 is 8.94. The molecule has 0 saturated heterocycles. The highest BCUT2D eigenvalue weighted by atomic mass is 16.3. The lowest BCUT2D eigenvalue weighted by Crippen LogP contribution is -2.21. The van der Waals surface area contributed by atoms with Crippen molar-refractivity contribution in [3.05, 3.63) is 205 Å². The van der Waals surface area contributed by atoms with Crippen molar-refractivity contribution in [3.8, 4) is 27.9 Å². The molecular weight excluding hydrogens is 705 g/mol. The van der Waals surface area contributed by atoms with E-state index in [1.54, 1.807) is 0 Å². The molecule has 3 nitrogen and oxygen atoms in total. The molecule has 274 valence electrons. The van der Waals surface area contributed by atoms with Gasteiger partial charge in [-0.25, -0.2) is 0 Å². The van der Waals surface area contributed by atoms with E-state index in [0.717, 1.165) is 50.1 Å². The third-order valence-corrected chi connectivity index (χ3v) is 12.5. The molecule has 1 aliphatic carbocycles. The van der Waals surface area contributed by atoms with E-state index >= 15 is 0 Å². The molecule has 3 heteroatoms. The molecule has 0 aliphatic heterocycles. The normalized spacial score (nSPS) is 13.1. The van der Waals surface area contributed by atoms with Crippen LogP contribution in [0.2, 0.25) is 0 Å². The summed E-state index contributed by atoms with van der Waals surface area (Å²) in [6.07, 6.45) is 0. The first kappa shape index (κ1) is 32.8. The zero-order chi connectivity index (χ0) is 38.5. The van der Waals surface area contributed by atoms with Gasteiger partial charge in [-0.3, -0.25) is 0 Å². The monoisotopic (exact) mass is 742 g/mol. The summed E-state index contributed by atoms with van der Waals surface area (Å²) in [5, 5.41) is 7.11. The van der Waals surface area contributed by atoms with Crippen LogP contribution in [-0.2, 0) is 5.41 Å². The predicted octanol–water partition coefficient (Wildman–Crippen LogP) is 15.3. The van der Waals surface area contributed by atoms with E-state index in [-0.39, 0.29) is 5.41 Å². The van der Waals surface area contributed by atoms with Crippen LogP contribution >= 0.6 is 0 Å². The SMILES string of the molecule is CC1(C)c2ccccc2-c2cccc(N(c3ccccc3-c3ccc4oc5cc6ccccc6cc5c4c3)c3ccccc3-n3c4ccccc4c4ccccc43)c21. The Labute approximate surface area is 336 Å². The Hall–Kier alpha value is -7.36. The van der Waals surface area contributed by atoms with E-state index < -0.39 is 0 Å². The molecule has 0 unspecified atom stereocenters. The summed E-state index contributed by atoms with van der Waals surface area (Å²) in [5.74, 6) is 0. The van der Waals surface area contributed by atoms with Gasteiger partial charge in [-0.15, -0.1) is 0 Å². The molecule has 2 aromatic heterocycles. The van der Waals surface area contributed by atoms with Gasteiger partial charge in [0.2, 0.25) is 0 Å². The number of rotatable bonds is 5. The molecule has 0 radical (unpaired) electrons. The maximum Gasteiger partial charge on any atom is 0.136 e. The largest absolute Gasteiger partial charge is 0.456 e. The van der Waals surface area contributed by atoms with Gasteiger partial charge >= 0.3 is 0 Å². The Balaban J connectivity index is 1.15. The minimum absolute atomic E-state index is 0.241. The molecule has 11 aromatic rings. The zero-order valence-electron chi connectivity index (χ0n) is 32.3. The number of fused-ring (bicyclic) bond motifs is 10. The van der Waals surface area contributed by atoms with Crippen molar-refractivity contribution in [3.63, 3.8) is 0 Å². The van der Waals surface area contributed by atoms with Gasteiger partial charge in [0.25, 0.3) is 0 Å². The summed E-state index contributed by atoms with van der Waals surface area (Å²) in [6, 6.07) is 70.8. The van der Waals surface area contributed by atoms with Gasteiger partial charge in [-0.05, 0) is 99.3 Å². The fourth-order valence-corrected chi connectivity index (χ4v) is 9.96. The minimum Gasteiger partial charge on any atom is -0.456 e. The van der Waals surface area contributed by atoms with E-state index in [4.69, 9.17) is 4.42 Å². The second-order valence-electron chi connectivity index (χ2n) is 16.1. The van der Waals surface area contributed by atoms with E-state index in [1.165, 1.54) is 60.5 Å². The average Bonchev–Trinajstić information content (AvgIpc) is 3.88. The Kier molecular flexibility index (Phi) is 6.98. The van der Waals surface area contributed by atoms with Gasteiger partial charge < -0.3 is 13.9 Å². The summed E-state index contributed by atoms with van der Waals surface area (Å²) >= 11 is 0. The first-order valence-corrected chi connectivity index (χ1v) is 20.1. The molecule has 0 saturated carbocycles. The minimum atomic E-state index is -0.241. The average molecular weight is 743 g/mol. The number of hydrogen-bond donors (Lipinski definition) is 0. The van der Waals surface area contributed by atoms with Crippen molar-refractivity contribution in [1.29, 1.82) is 0 Å². The van der Waals surface area contributed by atoms with Gasteiger partial charge in [-0.2, -0.15) is 0 Å². The molecule has 9 aromatic carbocycles. The maximum atomic E-state index is 6.49. The Bertz CT molecular complexity index is 3400. The van der Waals surface area contributed by atoms with Crippen LogP contribution in [0.15, 0.2) is 199 Å². The third kappa shape index (κ3) is 4.68. The highest BCUT2D eigenvalue weighted by Gasteiger charge is 2.39. The standard InChI is InChI=1S/C55H38N2O/c1-55(2)45-23-9-5-19-39(45)42-22-15-29-51(54(42)55)57(50-28-14-13-27-49(50)56-47-25-11-7-20-40(47)41-21-8-12-26-48(41)56)46-24-10-6-18-38(46)37-30-31-52-43(33-37)44-32-35-16-3-4-17-36(35)34-53(44)58-52/h3-34H,1-2H3. The maximum absolute atomic E-state index is 6.49. The highest BCUT2D eigenvalue weighted by molar-refractivity contribution is 6.12. The van der Waals surface area contributed by atoms with Crippen LogP contribution in [0.1, 0.15) is 25.0 Å². The lowest BCUT2D eigenvalue weighted by atomic mass is 9.81. The van der Waals surface area contributed by atoms with Crippen molar-refractivity contribution in [2.24, 2.45) is 0 Å². The van der Waals surface area contributed by atoms with E-state index in [9.17, 15) is 0 Å². The smallest absolute Gasteiger partial charge is 0.136 e. The number of anilines is 3. The number of para-hydroxylation sites is 5. The van der Waals surface area contributed by atoms with Gasteiger partial charge in [0, 0.05) is 32.5 Å². The summed E-state index contributed by atoms with van der Waals surface area (Å²) in [4.78, 5) is 2.53. The molecule has 0 bridgehead atoms. The number of aromatic nitrogens is 1. The Morgan fingerprint density at radius 1 is 0.431 bits per heavy atom. The molecule has 0 N–H and O–H groups in total. The van der Waals surface area contributed by atoms with Gasteiger partial charge in [0.1, 0.15) is 11.2 Å². The molecular formula is C55H38N2O. The van der Waals surface area contributed by atoms with Crippen molar-refractivity contribution < 1.29 is 4.42 Å². The lowest BCUT2D eigenvalue weighted by Gasteiger charge is -2.34. The van der Waals surface area contributed by atoms with E-state index in [1.807, 2.05) is 0 Å². The van der Waals surface area contributed by atoms with Crippen LogP contribution in [-0.4, -0.2) is 4.57 Å². The van der Waals surface area contributed by atoms with E-state index in [0.29, 0.717) is 0 Å². The van der Waals surface area contributed by atoms with Crippen LogP contribution in [0.25, 0.3) is 82.5 Å². The van der Waals surface area contributed by atoms with Crippen LogP contribution < -0.4 is 4.90 Å². The first-order valence-electron chi connectivity index (χ1n) is 20.1. The second kappa shape index (κ2) is 12.3. The molecule has 58 heavy (non-hydrogen) atoms. The number of nitrogens with zero attached hydrogens (tertiary/aromatic N) is 2. The summed E-state index contributed by atoms with van der Waals surface area (Å²) in [5.41, 5.74) is 15.9. The quantitative estimate of drug-likeness (QED) is 0.175. The van der Waals surface area contributed by atoms with Crippen molar-refractivity contribution in [2.45, 2.75) is 19.3 Å². The fourth-order valence-electron chi connectivity index (χ4n) is 9.96. The summed E-state index contributed by atoms with van der Waals surface area (Å²) in [6.45, 7) is 4.76. The molecule has 0 atom stereocenters. The molecule has 2 heterocycles. The van der Waals surface area contributed by atoms with Crippen LogP contribution in [0.3, 0.4) is 0 Å². The molecule has 0 spiro atoms. The predicted molar refractivity (Wildman–Crippen MR) is 243 cm³/mol. The third-order valence-electron chi connectivity index (χ3n) is 12.5. The van der Waals surface area contributed by atoms with Gasteiger partial charge in [0.15, 0.2) is 0 Å². The topological polar surface area (TPSA) is 21.3 Å². The number of benzene rings is 9. The van der Waals surface area contributed by atoms with Crippen LogP contribution in [0.4, 0.5) is 17.1 Å². The Morgan fingerprint density at radius 3 is 1.81 bits per heavy atom. The van der Waals surface area contributed by atoms with Crippen molar-refractivity contribution >= 4 is 71.6 Å². The summed E-state index contributed by atoms with van der Waals surface area (Å²) in [7, 11) is 0. The number of hydrogen-bond acceptors (Lipinski definition) is 2. The van der Waals surface area contributed by atoms with Crippen LogP contribution in [0, 0.1) is 0 Å². The molecule has 1 aliphatic rings. The van der Waals surface area contributed by atoms with E-state index in [2.05, 4.69) is 217 Å². The molecule has 0 fully saturated rings. The Morgan fingerprint density at radius 2 is 1.02 bits per heavy atom. The van der Waals surface area contributed by atoms with Crippen molar-refractivity contribution in [2.75, 3.05) is 4.90 Å². The van der Waals surface area contributed by atoms with Gasteiger partial charge in [0.05, 0.1) is 33.8 Å². The van der Waals surface area contributed by atoms with Crippen molar-refractivity contribution in [1.82, 2.24) is 4.57 Å². The molecule has 12 rings (SSSR count). The van der Waals surface area contributed by atoms with Crippen LogP contribution in [0.5, 0.6) is 0 Å². The zero-order valence-corrected chi connectivity index (χ0v) is 32.3. The lowest BCUT2D eigenvalue weighted by molar-refractivity contribution is 0.661.